The monoisotopic (exact) mass is 322 g/mol. The molecule has 3 rings (SSSR count). The lowest BCUT2D eigenvalue weighted by Crippen LogP contribution is -2.26. The Bertz CT molecular complexity index is 516. The second-order valence-corrected chi connectivity index (χ2v) is 7.05. The molecule has 1 aromatic heterocycles. The molecule has 1 fully saturated rings. The molecule has 0 saturated carbocycles. The molecule has 0 bridgehead atoms. The molecule has 1 unspecified atom stereocenters. The second-order valence-electron chi connectivity index (χ2n) is 6.03. The summed E-state index contributed by atoms with van der Waals surface area (Å²) in [6.45, 7) is 7.75. The van der Waals surface area contributed by atoms with Crippen molar-refractivity contribution in [3.05, 3.63) is 35.0 Å². The van der Waals surface area contributed by atoms with Gasteiger partial charge in [0.15, 0.2) is 0 Å². The van der Waals surface area contributed by atoms with Gasteiger partial charge < -0.3 is 4.90 Å². The Morgan fingerprint density at radius 1 is 1.37 bits per heavy atom. The van der Waals surface area contributed by atoms with Gasteiger partial charge in [0.1, 0.15) is 12.7 Å². The van der Waals surface area contributed by atoms with Gasteiger partial charge in [-0.1, -0.05) is 35.9 Å². The predicted octanol–water partition coefficient (Wildman–Crippen LogP) is 2.80. The third kappa shape index (κ3) is 2.48. The van der Waals surface area contributed by atoms with Crippen molar-refractivity contribution in [1.29, 1.82) is 0 Å². The van der Waals surface area contributed by atoms with Gasteiger partial charge in [-0.2, -0.15) is 5.10 Å². The maximum atomic E-state index is 4.17. The zero-order valence-corrected chi connectivity index (χ0v) is 13.0. The van der Waals surface area contributed by atoms with E-state index in [-0.39, 0.29) is 0 Å². The van der Waals surface area contributed by atoms with Crippen LogP contribution in [0.15, 0.2) is 35.0 Å². The van der Waals surface area contributed by atoms with Crippen LogP contribution in [-0.2, 0) is 6.54 Å². The van der Waals surface area contributed by atoms with Crippen LogP contribution in [0.1, 0.15) is 20.3 Å². The van der Waals surface area contributed by atoms with Gasteiger partial charge in [0.25, 0.3) is 0 Å². The molecule has 2 aliphatic rings. The fourth-order valence-corrected chi connectivity index (χ4v) is 3.59. The standard InChI is InChI=1S/C14H19BrN4/c1-14(2)8-18(5-6-19-10-16-9-17-19)13-4-3-11(15)7-12(13)14/h3-4,9-10,12H,5-8H2,1-2H3. The summed E-state index contributed by atoms with van der Waals surface area (Å²) in [5, 5.41) is 4.17. The summed E-state index contributed by atoms with van der Waals surface area (Å²) in [4.78, 5) is 6.49. The lowest BCUT2D eigenvalue weighted by Gasteiger charge is -2.27. The maximum absolute atomic E-state index is 4.17. The lowest BCUT2D eigenvalue weighted by atomic mass is 9.77. The van der Waals surface area contributed by atoms with E-state index in [1.807, 2.05) is 4.68 Å². The van der Waals surface area contributed by atoms with E-state index >= 15 is 0 Å². The molecule has 1 aliphatic carbocycles. The van der Waals surface area contributed by atoms with Crippen molar-refractivity contribution in [2.24, 2.45) is 11.3 Å². The summed E-state index contributed by atoms with van der Waals surface area (Å²) in [5.74, 6) is 0.627. The van der Waals surface area contributed by atoms with E-state index in [4.69, 9.17) is 0 Å². The molecule has 1 atom stereocenters. The van der Waals surface area contributed by atoms with Crippen molar-refractivity contribution in [1.82, 2.24) is 19.7 Å². The highest BCUT2D eigenvalue weighted by atomic mass is 79.9. The second kappa shape index (κ2) is 4.78. The molecule has 19 heavy (non-hydrogen) atoms. The van der Waals surface area contributed by atoms with Crippen LogP contribution in [0.2, 0.25) is 0 Å². The normalized spacial score (nSPS) is 25.0. The van der Waals surface area contributed by atoms with Crippen molar-refractivity contribution in [2.45, 2.75) is 26.8 Å². The minimum Gasteiger partial charge on any atom is -0.372 e. The van der Waals surface area contributed by atoms with Gasteiger partial charge in [-0.15, -0.1) is 0 Å². The lowest BCUT2D eigenvalue weighted by molar-refractivity contribution is 0.266. The Hall–Kier alpha value is -1.10. The fourth-order valence-electron chi connectivity index (χ4n) is 3.13. The van der Waals surface area contributed by atoms with E-state index in [0.29, 0.717) is 11.3 Å². The average Bonchev–Trinajstić information content (AvgIpc) is 2.94. The summed E-state index contributed by atoms with van der Waals surface area (Å²) < 4.78 is 3.21. The first-order valence-corrected chi connectivity index (χ1v) is 7.49. The molecule has 0 spiro atoms. The van der Waals surface area contributed by atoms with Crippen molar-refractivity contribution in [3.63, 3.8) is 0 Å². The van der Waals surface area contributed by atoms with Crippen LogP contribution in [0.4, 0.5) is 0 Å². The fraction of sp³-hybridized carbons (Fsp3) is 0.571. The maximum Gasteiger partial charge on any atom is 0.137 e. The number of halogens is 1. The van der Waals surface area contributed by atoms with E-state index in [1.54, 1.807) is 12.7 Å². The molecule has 1 aromatic rings. The Labute approximate surface area is 122 Å². The first-order valence-electron chi connectivity index (χ1n) is 6.70. The molecule has 2 heterocycles. The van der Waals surface area contributed by atoms with Gasteiger partial charge in [0.2, 0.25) is 0 Å². The molecule has 102 valence electrons. The largest absolute Gasteiger partial charge is 0.372 e. The van der Waals surface area contributed by atoms with E-state index in [2.05, 4.69) is 56.9 Å². The molecule has 1 aliphatic heterocycles. The van der Waals surface area contributed by atoms with Gasteiger partial charge in [-0.05, 0) is 22.4 Å². The van der Waals surface area contributed by atoms with Crippen LogP contribution in [-0.4, -0.2) is 32.8 Å². The number of aromatic nitrogens is 3. The Kier molecular flexibility index (Phi) is 3.25. The average molecular weight is 323 g/mol. The zero-order chi connectivity index (χ0) is 13.5. The first-order chi connectivity index (χ1) is 9.06. The van der Waals surface area contributed by atoms with E-state index < -0.39 is 0 Å². The number of hydrogen-bond donors (Lipinski definition) is 0. The van der Waals surface area contributed by atoms with Crippen molar-refractivity contribution in [2.75, 3.05) is 13.1 Å². The van der Waals surface area contributed by atoms with E-state index in [1.165, 1.54) is 10.2 Å². The Morgan fingerprint density at radius 2 is 2.21 bits per heavy atom. The zero-order valence-electron chi connectivity index (χ0n) is 11.4. The van der Waals surface area contributed by atoms with Crippen LogP contribution in [0.3, 0.4) is 0 Å². The third-order valence-electron chi connectivity index (χ3n) is 4.16. The molecule has 5 heteroatoms. The number of fused-ring (bicyclic) bond motifs is 1. The Balaban J connectivity index is 1.75. The summed E-state index contributed by atoms with van der Waals surface area (Å²) in [7, 11) is 0. The quantitative estimate of drug-likeness (QED) is 0.858. The minimum absolute atomic E-state index is 0.335. The molecular formula is C14H19BrN4. The van der Waals surface area contributed by atoms with Gasteiger partial charge >= 0.3 is 0 Å². The molecule has 4 nitrogen and oxygen atoms in total. The van der Waals surface area contributed by atoms with Crippen LogP contribution in [0.25, 0.3) is 0 Å². The summed E-state index contributed by atoms with van der Waals surface area (Å²) in [6.07, 6.45) is 8.96. The van der Waals surface area contributed by atoms with E-state index in [0.717, 1.165) is 26.1 Å². The smallest absolute Gasteiger partial charge is 0.137 e. The van der Waals surface area contributed by atoms with Gasteiger partial charge in [0.05, 0.1) is 6.54 Å². The third-order valence-corrected chi connectivity index (χ3v) is 4.75. The number of rotatable bonds is 3. The minimum atomic E-state index is 0.335. The Morgan fingerprint density at radius 3 is 2.95 bits per heavy atom. The molecule has 0 radical (unpaired) electrons. The van der Waals surface area contributed by atoms with Gasteiger partial charge in [-0.25, -0.2) is 4.98 Å². The number of likely N-dealkylation sites (tertiary alicyclic amines) is 1. The van der Waals surface area contributed by atoms with E-state index in [9.17, 15) is 0 Å². The van der Waals surface area contributed by atoms with Gasteiger partial charge in [0, 0.05) is 24.7 Å². The number of nitrogens with zero attached hydrogens (tertiary/aromatic N) is 4. The SMILES string of the molecule is CC1(C)CN(CCn2cncn2)C2=CC=C(Br)CC21. The van der Waals surface area contributed by atoms with Crippen molar-refractivity contribution in [3.8, 4) is 0 Å². The molecule has 0 amide bonds. The summed E-state index contributed by atoms with van der Waals surface area (Å²) in [6, 6.07) is 0. The molecule has 0 aromatic carbocycles. The highest BCUT2D eigenvalue weighted by molar-refractivity contribution is 9.11. The molecule has 0 N–H and O–H groups in total. The van der Waals surface area contributed by atoms with Crippen LogP contribution < -0.4 is 0 Å². The van der Waals surface area contributed by atoms with Crippen LogP contribution >= 0.6 is 15.9 Å². The van der Waals surface area contributed by atoms with Crippen LogP contribution in [0.5, 0.6) is 0 Å². The van der Waals surface area contributed by atoms with Crippen molar-refractivity contribution < 1.29 is 0 Å². The first kappa shape index (κ1) is 12.9. The highest BCUT2D eigenvalue weighted by Crippen LogP contribution is 2.48. The predicted molar refractivity (Wildman–Crippen MR) is 78.6 cm³/mol. The number of allylic oxidation sites excluding steroid dienone is 4. The molecule has 1 saturated heterocycles. The number of hydrogen-bond acceptors (Lipinski definition) is 3. The molecular weight excluding hydrogens is 304 g/mol. The summed E-state index contributed by atoms with van der Waals surface area (Å²) in [5.41, 5.74) is 1.81. The summed E-state index contributed by atoms with van der Waals surface area (Å²) >= 11 is 3.64. The topological polar surface area (TPSA) is 34.0 Å². The van der Waals surface area contributed by atoms with Crippen molar-refractivity contribution >= 4 is 15.9 Å². The van der Waals surface area contributed by atoms with Crippen LogP contribution in [0, 0.1) is 11.3 Å². The van der Waals surface area contributed by atoms with Gasteiger partial charge in [-0.3, -0.25) is 4.68 Å². The highest BCUT2D eigenvalue weighted by Gasteiger charge is 2.43.